The van der Waals surface area contributed by atoms with Gasteiger partial charge in [0.2, 0.25) is 0 Å². The van der Waals surface area contributed by atoms with Gasteiger partial charge in [-0.3, -0.25) is 0 Å². The van der Waals surface area contributed by atoms with Crippen LogP contribution in [0.25, 0.3) is 0 Å². The Hall–Kier alpha value is -0.260. The van der Waals surface area contributed by atoms with Crippen molar-refractivity contribution in [1.82, 2.24) is 0 Å². The molecular weight excluding hydrogens is 144 g/mol. The van der Waals surface area contributed by atoms with Gasteiger partial charge in [0.05, 0.1) is 0 Å². The largest absolute Gasteiger partial charge is 0.0883 e. The molecule has 0 heteroatoms. The minimum absolute atomic E-state index is 0.937. The maximum Gasteiger partial charge on any atom is -0.0234 e. The minimum atomic E-state index is 0.937. The van der Waals surface area contributed by atoms with E-state index in [2.05, 4.69) is 19.1 Å². The Labute approximate surface area is 77.1 Å². The number of hydrogen-bond acceptors (Lipinski definition) is 0. The molecule has 0 heterocycles. The topological polar surface area (TPSA) is 0 Å². The molecule has 1 rings (SSSR count). The van der Waals surface area contributed by atoms with E-state index in [1.54, 1.807) is 0 Å². The molecule has 0 saturated heterocycles. The van der Waals surface area contributed by atoms with E-state index in [4.69, 9.17) is 0 Å². The highest BCUT2D eigenvalue weighted by molar-refractivity contribution is 4.90. The molecule has 0 aromatic carbocycles. The van der Waals surface area contributed by atoms with E-state index in [9.17, 15) is 0 Å². The molecule has 70 valence electrons. The Kier molecular flexibility index (Phi) is 5.14. The number of unbranched alkanes of at least 4 members (excludes halogenated alkanes) is 3. The van der Waals surface area contributed by atoms with Crippen LogP contribution in [0.4, 0.5) is 0 Å². The molecule has 0 N–H and O–H groups in total. The lowest BCUT2D eigenvalue weighted by Gasteiger charge is -1.99. The monoisotopic (exact) mass is 166 g/mol. The van der Waals surface area contributed by atoms with Crippen LogP contribution in [-0.4, -0.2) is 0 Å². The quantitative estimate of drug-likeness (QED) is 0.421. The fraction of sp³-hybridized carbons (Fsp3) is 0.833. The molecule has 0 radical (unpaired) electrons. The zero-order chi connectivity index (χ0) is 8.65. The molecule has 0 spiro atoms. The van der Waals surface area contributed by atoms with E-state index in [0.29, 0.717) is 0 Å². The zero-order valence-corrected chi connectivity index (χ0v) is 8.39. The van der Waals surface area contributed by atoms with Crippen molar-refractivity contribution in [3.05, 3.63) is 12.2 Å². The van der Waals surface area contributed by atoms with Crippen molar-refractivity contribution >= 4 is 0 Å². The molecule has 1 aliphatic carbocycles. The smallest absolute Gasteiger partial charge is 0.0234 e. The van der Waals surface area contributed by atoms with Gasteiger partial charge in [-0.2, -0.15) is 0 Å². The molecule has 0 aromatic heterocycles. The Balaban J connectivity index is 1.97. The molecule has 0 aromatic rings. The van der Waals surface area contributed by atoms with E-state index < -0.39 is 0 Å². The Morgan fingerprint density at radius 3 is 2.58 bits per heavy atom. The molecule has 1 fully saturated rings. The number of hydrogen-bond donors (Lipinski definition) is 0. The number of rotatable bonds is 5. The summed E-state index contributed by atoms with van der Waals surface area (Å²) in [4.78, 5) is 0. The van der Waals surface area contributed by atoms with Crippen LogP contribution >= 0.6 is 0 Å². The van der Waals surface area contributed by atoms with Crippen molar-refractivity contribution in [1.29, 1.82) is 0 Å². The highest BCUT2D eigenvalue weighted by Crippen LogP contribution is 2.25. The van der Waals surface area contributed by atoms with E-state index in [0.717, 1.165) is 5.92 Å². The second-order valence-electron chi connectivity index (χ2n) is 3.97. The molecule has 0 unspecified atom stereocenters. The van der Waals surface area contributed by atoms with Gasteiger partial charge in [-0.15, -0.1) is 0 Å². The van der Waals surface area contributed by atoms with Crippen molar-refractivity contribution in [3.63, 3.8) is 0 Å². The van der Waals surface area contributed by atoms with Gasteiger partial charge >= 0.3 is 0 Å². The first kappa shape index (κ1) is 9.83. The van der Waals surface area contributed by atoms with Crippen LogP contribution in [0.15, 0.2) is 12.2 Å². The van der Waals surface area contributed by atoms with E-state index >= 15 is 0 Å². The van der Waals surface area contributed by atoms with Gasteiger partial charge in [0, 0.05) is 0 Å². The third-order valence-electron chi connectivity index (χ3n) is 2.78. The molecule has 1 aliphatic rings. The summed E-state index contributed by atoms with van der Waals surface area (Å²) in [6.07, 6.45) is 16.1. The molecule has 0 aliphatic heterocycles. The fourth-order valence-electron chi connectivity index (χ4n) is 1.95. The molecule has 0 atom stereocenters. The van der Waals surface area contributed by atoms with Crippen LogP contribution < -0.4 is 0 Å². The van der Waals surface area contributed by atoms with Crippen molar-refractivity contribution in [2.24, 2.45) is 5.92 Å². The molecule has 0 nitrogen and oxygen atoms in total. The van der Waals surface area contributed by atoms with Gasteiger partial charge < -0.3 is 0 Å². The SMILES string of the molecule is CCCCC/C=C/C1CCCC1. The Bertz CT molecular complexity index is 118. The average Bonchev–Trinajstić information content (AvgIpc) is 2.57. The third kappa shape index (κ3) is 3.94. The summed E-state index contributed by atoms with van der Waals surface area (Å²) in [5.74, 6) is 0.937. The lowest BCUT2D eigenvalue weighted by atomic mass is 10.1. The van der Waals surface area contributed by atoms with Crippen LogP contribution in [0, 0.1) is 5.92 Å². The first-order valence-corrected chi connectivity index (χ1v) is 5.60. The predicted molar refractivity (Wildman–Crippen MR) is 55.2 cm³/mol. The van der Waals surface area contributed by atoms with Crippen LogP contribution in [0.3, 0.4) is 0 Å². The average molecular weight is 166 g/mol. The predicted octanol–water partition coefficient (Wildman–Crippen LogP) is 4.31. The van der Waals surface area contributed by atoms with Crippen molar-refractivity contribution < 1.29 is 0 Å². The summed E-state index contributed by atoms with van der Waals surface area (Å²) in [5.41, 5.74) is 0. The van der Waals surface area contributed by atoms with Gasteiger partial charge in [0.15, 0.2) is 0 Å². The highest BCUT2D eigenvalue weighted by Gasteiger charge is 2.10. The molecule has 1 saturated carbocycles. The number of allylic oxidation sites excluding steroid dienone is 2. The van der Waals surface area contributed by atoms with E-state index in [1.807, 2.05) is 0 Å². The van der Waals surface area contributed by atoms with Gasteiger partial charge in [0.25, 0.3) is 0 Å². The van der Waals surface area contributed by atoms with Gasteiger partial charge in [0.1, 0.15) is 0 Å². The summed E-state index contributed by atoms with van der Waals surface area (Å²) < 4.78 is 0. The van der Waals surface area contributed by atoms with Crippen LogP contribution in [0.1, 0.15) is 58.3 Å². The third-order valence-corrected chi connectivity index (χ3v) is 2.78. The highest BCUT2D eigenvalue weighted by atomic mass is 14.2. The maximum absolute atomic E-state index is 2.46. The summed E-state index contributed by atoms with van der Waals surface area (Å²) >= 11 is 0. The Morgan fingerprint density at radius 2 is 1.92 bits per heavy atom. The maximum atomic E-state index is 2.46. The standard InChI is InChI=1S/C12H22/c1-2-3-4-5-6-9-12-10-7-8-11-12/h6,9,12H,2-5,7-8,10-11H2,1H3/b9-6+. The van der Waals surface area contributed by atoms with Gasteiger partial charge in [-0.25, -0.2) is 0 Å². The second-order valence-corrected chi connectivity index (χ2v) is 3.97. The summed E-state index contributed by atoms with van der Waals surface area (Å²) in [6.45, 7) is 2.26. The Morgan fingerprint density at radius 1 is 1.17 bits per heavy atom. The molecule has 0 bridgehead atoms. The van der Waals surface area contributed by atoms with E-state index in [1.165, 1.54) is 51.4 Å². The summed E-state index contributed by atoms with van der Waals surface area (Å²) in [5, 5.41) is 0. The zero-order valence-electron chi connectivity index (χ0n) is 8.39. The van der Waals surface area contributed by atoms with Gasteiger partial charge in [-0.1, -0.05) is 44.8 Å². The lowest BCUT2D eigenvalue weighted by Crippen LogP contribution is -1.85. The van der Waals surface area contributed by atoms with Crippen LogP contribution in [0.5, 0.6) is 0 Å². The molecular formula is C12H22. The minimum Gasteiger partial charge on any atom is -0.0883 e. The first-order valence-electron chi connectivity index (χ1n) is 5.60. The second kappa shape index (κ2) is 6.28. The van der Waals surface area contributed by atoms with Crippen LogP contribution in [-0.2, 0) is 0 Å². The van der Waals surface area contributed by atoms with Crippen molar-refractivity contribution in [2.45, 2.75) is 58.3 Å². The normalized spacial score (nSPS) is 19.4. The van der Waals surface area contributed by atoms with Crippen LogP contribution in [0.2, 0.25) is 0 Å². The first-order chi connectivity index (χ1) is 5.93. The summed E-state index contributed by atoms with van der Waals surface area (Å²) in [7, 11) is 0. The van der Waals surface area contributed by atoms with Gasteiger partial charge in [-0.05, 0) is 31.6 Å². The fourth-order valence-corrected chi connectivity index (χ4v) is 1.95. The lowest BCUT2D eigenvalue weighted by molar-refractivity contribution is 0.675. The van der Waals surface area contributed by atoms with Crippen molar-refractivity contribution in [2.75, 3.05) is 0 Å². The molecule has 0 amide bonds. The molecule has 12 heavy (non-hydrogen) atoms. The summed E-state index contributed by atoms with van der Waals surface area (Å²) in [6, 6.07) is 0. The van der Waals surface area contributed by atoms with Crippen molar-refractivity contribution in [3.8, 4) is 0 Å². The van der Waals surface area contributed by atoms with E-state index in [-0.39, 0.29) is 0 Å².